The summed E-state index contributed by atoms with van der Waals surface area (Å²) in [6.45, 7) is 7.52. The van der Waals surface area contributed by atoms with E-state index in [0.29, 0.717) is 37.0 Å². The molecule has 3 aromatic rings. The van der Waals surface area contributed by atoms with Crippen LogP contribution >= 0.6 is 0 Å². The van der Waals surface area contributed by atoms with E-state index in [4.69, 9.17) is 18.6 Å². The van der Waals surface area contributed by atoms with Crippen LogP contribution in [0.3, 0.4) is 0 Å². The van der Waals surface area contributed by atoms with Crippen LogP contribution in [-0.4, -0.2) is 25.7 Å². The first-order valence-electron chi connectivity index (χ1n) is 11.6. The second kappa shape index (κ2) is 8.85. The summed E-state index contributed by atoms with van der Waals surface area (Å²) in [5.74, 6) is 3.00. The Bertz CT molecular complexity index is 1250. The molecule has 1 amide bonds. The van der Waals surface area contributed by atoms with Gasteiger partial charge in [0.1, 0.15) is 30.3 Å². The minimum absolute atomic E-state index is 0.210. The third-order valence-corrected chi connectivity index (χ3v) is 6.30. The van der Waals surface area contributed by atoms with Gasteiger partial charge in [-0.25, -0.2) is 0 Å². The number of amides is 1. The van der Waals surface area contributed by atoms with E-state index in [9.17, 15) is 4.79 Å². The number of rotatable bonds is 5. The third kappa shape index (κ3) is 4.06. The highest BCUT2D eigenvalue weighted by Crippen LogP contribution is 2.41. The molecule has 0 atom stereocenters. The monoisotopic (exact) mass is 447 g/mol. The van der Waals surface area contributed by atoms with Crippen molar-refractivity contribution in [3.8, 4) is 17.2 Å². The molecule has 6 heteroatoms. The largest absolute Gasteiger partial charge is 0.493 e. The van der Waals surface area contributed by atoms with Gasteiger partial charge in [0.2, 0.25) is 5.91 Å². The fourth-order valence-electron chi connectivity index (χ4n) is 4.73. The molecule has 1 aliphatic carbocycles. The average molecular weight is 448 g/mol. The van der Waals surface area contributed by atoms with Gasteiger partial charge in [-0.3, -0.25) is 4.79 Å². The quantitative estimate of drug-likeness (QED) is 0.498. The molecule has 1 aromatic heterocycles. The summed E-state index contributed by atoms with van der Waals surface area (Å²) in [6.07, 6.45) is 5.97. The lowest BCUT2D eigenvalue weighted by atomic mass is 9.93. The summed E-state index contributed by atoms with van der Waals surface area (Å²) >= 11 is 0. The predicted octanol–water partition coefficient (Wildman–Crippen LogP) is 5.83. The van der Waals surface area contributed by atoms with Gasteiger partial charge in [0, 0.05) is 46.3 Å². The number of allylic oxidation sites excluding steroid dienone is 1. The van der Waals surface area contributed by atoms with E-state index in [0.717, 1.165) is 58.4 Å². The topological polar surface area (TPSA) is 69.9 Å². The molecule has 0 saturated heterocycles. The summed E-state index contributed by atoms with van der Waals surface area (Å²) in [5.41, 5.74) is 5.62. The number of carbonyl (C=O) groups excluding carboxylic acids is 1. The normalized spacial score (nSPS) is 15.3. The van der Waals surface area contributed by atoms with Crippen LogP contribution in [0.25, 0.3) is 16.5 Å². The Labute approximate surface area is 193 Å². The third-order valence-electron chi connectivity index (χ3n) is 6.30. The van der Waals surface area contributed by atoms with Gasteiger partial charge in [0.05, 0.1) is 6.61 Å². The van der Waals surface area contributed by atoms with Crippen molar-refractivity contribution in [3.05, 3.63) is 52.8 Å². The van der Waals surface area contributed by atoms with Gasteiger partial charge in [-0.15, -0.1) is 0 Å². The first kappa shape index (κ1) is 21.4. The minimum Gasteiger partial charge on any atom is -0.493 e. The molecule has 33 heavy (non-hydrogen) atoms. The van der Waals surface area contributed by atoms with Crippen LogP contribution < -0.4 is 19.5 Å². The van der Waals surface area contributed by atoms with Crippen LogP contribution in [0, 0.1) is 6.92 Å². The number of carbonyl (C=O) groups is 1. The fraction of sp³-hybridized carbons (Fsp3) is 0.370. The molecule has 5 rings (SSSR count). The molecule has 2 aliphatic rings. The van der Waals surface area contributed by atoms with Crippen molar-refractivity contribution < 1.29 is 23.4 Å². The smallest absolute Gasteiger partial charge is 0.248 e. The van der Waals surface area contributed by atoms with Crippen molar-refractivity contribution in [1.29, 1.82) is 0 Å². The Morgan fingerprint density at radius 2 is 1.91 bits per heavy atom. The number of fused-ring (bicyclic) bond motifs is 4. The summed E-state index contributed by atoms with van der Waals surface area (Å²) in [5, 5.41) is 4.07. The molecular formula is C27H29NO5. The number of furan rings is 1. The van der Waals surface area contributed by atoms with E-state index in [1.165, 1.54) is 12.0 Å². The summed E-state index contributed by atoms with van der Waals surface area (Å²) in [6, 6.07) is 7.54. The van der Waals surface area contributed by atoms with Crippen molar-refractivity contribution in [2.45, 2.75) is 46.5 Å². The molecule has 1 aliphatic heterocycles. The molecule has 0 spiro atoms. The van der Waals surface area contributed by atoms with Gasteiger partial charge in [-0.1, -0.05) is 0 Å². The van der Waals surface area contributed by atoms with Crippen LogP contribution in [0.5, 0.6) is 17.2 Å². The highest BCUT2D eigenvalue weighted by Gasteiger charge is 2.23. The second-order valence-corrected chi connectivity index (χ2v) is 8.57. The summed E-state index contributed by atoms with van der Waals surface area (Å²) in [7, 11) is 0. The van der Waals surface area contributed by atoms with E-state index in [1.54, 1.807) is 12.1 Å². The van der Waals surface area contributed by atoms with Crippen molar-refractivity contribution >= 4 is 28.1 Å². The number of anilines is 1. The molecule has 0 radical (unpaired) electrons. The van der Waals surface area contributed by atoms with Gasteiger partial charge in [-0.05, 0) is 63.8 Å². The van der Waals surface area contributed by atoms with Gasteiger partial charge in [0.15, 0.2) is 11.5 Å². The molecular weight excluding hydrogens is 418 g/mol. The molecule has 6 nitrogen and oxygen atoms in total. The number of hydrogen-bond donors (Lipinski definition) is 1. The van der Waals surface area contributed by atoms with Crippen molar-refractivity contribution in [2.75, 3.05) is 25.1 Å². The molecule has 172 valence electrons. The Hall–Kier alpha value is -3.41. The van der Waals surface area contributed by atoms with Crippen molar-refractivity contribution in [3.63, 3.8) is 0 Å². The zero-order valence-electron chi connectivity index (χ0n) is 19.4. The molecule has 0 bridgehead atoms. The maximum Gasteiger partial charge on any atom is 0.248 e. The van der Waals surface area contributed by atoms with Crippen LogP contribution in [0.4, 0.5) is 5.69 Å². The first-order chi connectivity index (χ1) is 16.0. The van der Waals surface area contributed by atoms with Gasteiger partial charge in [0.25, 0.3) is 0 Å². The van der Waals surface area contributed by atoms with E-state index < -0.39 is 0 Å². The predicted molar refractivity (Wildman–Crippen MR) is 128 cm³/mol. The zero-order valence-corrected chi connectivity index (χ0v) is 19.4. The lowest BCUT2D eigenvalue weighted by Gasteiger charge is -2.19. The summed E-state index contributed by atoms with van der Waals surface area (Å²) < 4.78 is 23.4. The maximum atomic E-state index is 12.8. The molecule has 0 saturated carbocycles. The second-order valence-electron chi connectivity index (χ2n) is 8.57. The van der Waals surface area contributed by atoms with Crippen molar-refractivity contribution in [1.82, 2.24) is 0 Å². The molecule has 2 heterocycles. The Kier molecular flexibility index (Phi) is 5.75. The van der Waals surface area contributed by atoms with Gasteiger partial charge < -0.3 is 23.9 Å². The lowest BCUT2D eigenvalue weighted by Crippen LogP contribution is -2.16. The van der Waals surface area contributed by atoms with E-state index >= 15 is 0 Å². The summed E-state index contributed by atoms with van der Waals surface area (Å²) in [4.78, 5) is 12.8. The highest BCUT2D eigenvalue weighted by molar-refractivity contribution is 6.05. The average Bonchev–Trinajstić information content (AvgIpc) is 3.19. The fourth-order valence-corrected chi connectivity index (χ4v) is 4.73. The molecule has 0 fully saturated rings. The van der Waals surface area contributed by atoms with Crippen LogP contribution in [0.2, 0.25) is 0 Å². The van der Waals surface area contributed by atoms with Crippen LogP contribution in [-0.2, 0) is 17.6 Å². The highest BCUT2D eigenvalue weighted by atomic mass is 16.6. The van der Waals surface area contributed by atoms with Gasteiger partial charge >= 0.3 is 0 Å². The zero-order chi connectivity index (χ0) is 22.9. The van der Waals surface area contributed by atoms with E-state index in [-0.39, 0.29) is 5.91 Å². The first-order valence-corrected chi connectivity index (χ1v) is 11.6. The standard InChI is InChI=1S/C27H29NO5/c1-4-30-26-17(3)27-21(19-7-5-6-8-22(19)33-27)15-20(26)16(2)13-25(29)28-18-9-10-23-24(14-18)32-12-11-31-23/h9-10,13-15H,4-8,11-12H2,1-3H3,(H,28,29)/b16-13+. The molecule has 2 aromatic carbocycles. The van der Waals surface area contributed by atoms with E-state index in [1.807, 2.05) is 32.9 Å². The SMILES string of the molecule is CCOc1c(/C(C)=C/C(=O)Nc2ccc3c(c2)OCCO3)cc2c3c(oc2c1C)CCCC3. The Morgan fingerprint density at radius 1 is 1.12 bits per heavy atom. The number of hydrogen-bond acceptors (Lipinski definition) is 5. The minimum atomic E-state index is -0.210. The number of nitrogens with one attached hydrogen (secondary N) is 1. The Morgan fingerprint density at radius 3 is 2.73 bits per heavy atom. The van der Waals surface area contributed by atoms with Gasteiger partial charge in [-0.2, -0.15) is 0 Å². The maximum absolute atomic E-state index is 12.8. The molecule has 0 unspecified atom stereocenters. The van der Waals surface area contributed by atoms with E-state index in [2.05, 4.69) is 11.4 Å². The number of benzene rings is 2. The van der Waals surface area contributed by atoms with Crippen LogP contribution in [0.15, 0.2) is 34.8 Å². The number of aryl methyl sites for hydroxylation is 3. The van der Waals surface area contributed by atoms with Crippen LogP contribution in [0.1, 0.15) is 49.1 Å². The lowest BCUT2D eigenvalue weighted by molar-refractivity contribution is -0.111. The molecule has 1 N–H and O–H groups in total. The number of ether oxygens (including phenoxy) is 3. The Balaban J connectivity index is 1.48. The van der Waals surface area contributed by atoms with Crippen molar-refractivity contribution in [2.24, 2.45) is 0 Å².